The number of nitrogens with zero attached hydrogens (tertiary/aromatic N) is 1. The fraction of sp³-hybridized carbons (Fsp3) is 0.263. The van der Waals surface area contributed by atoms with Crippen molar-refractivity contribution in [1.29, 1.82) is 0 Å². The van der Waals surface area contributed by atoms with Gasteiger partial charge in [-0.1, -0.05) is 35.9 Å². The van der Waals surface area contributed by atoms with Gasteiger partial charge in [0.25, 0.3) is 16.0 Å². The molecule has 142 valence electrons. The van der Waals surface area contributed by atoms with E-state index in [0.29, 0.717) is 5.56 Å². The lowest BCUT2D eigenvalue weighted by molar-refractivity contribution is -0.141. The van der Waals surface area contributed by atoms with Gasteiger partial charge in [-0.15, -0.1) is 0 Å². The summed E-state index contributed by atoms with van der Waals surface area (Å²) in [5.41, 5.74) is 1.24. The minimum Gasteiger partial charge on any atom is -0.480 e. The minimum absolute atomic E-state index is 0.00666. The first-order chi connectivity index (χ1) is 12.8. The lowest BCUT2D eigenvalue weighted by atomic mass is 10.1. The van der Waals surface area contributed by atoms with Crippen molar-refractivity contribution in [3.05, 3.63) is 65.7 Å². The number of carbonyl (C=O) groups excluding carboxylic acids is 1. The Kier molecular flexibility index (Phi) is 5.29. The van der Waals surface area contributed by atoms with Crippen LogP contribution in [-0.4, -0.2) is 49.0 Å². The van der Waals surface area contributed by atoms with Crippen LogP contribution in [0.4, 0.5) is 0 Å². The smallest absolute Gasteiger partial charge is 0.326 e. The number of carboxylic acids is 1. The first kappa shape index (κ1) is 19.1. The van der Waals surface area contributed by atoms with Gasteiger partial charge in [-0.25, -0.2) is 4.79 Å². The fourth-order valence-corrected chi connectivity index (χ4v) is 4.09. The average molecular weight is 389 g/mol. The molecule has 2 aromatic carbocycles. The van der Waals surface area contributed by atoms with Crippen LogP contribution in [0.15, 0.2) is 59.5 Å². The quantitative estimate of drug-likeness (QED) is 0.786. The molecule has 2 aromatic rings. The van der Waals surface area contributed by atoms with E-state index in [-0.39, 0.29) is 17.9 Å². The van der Waals surface area contributed by atoms with Crippen LogP contribution in [0.3, 0.4) is 0 Å². The molecule has 27 heavy (non-hydrogen) atoms. The predicted molar refractivity (Wildman–Crippen MR) is 96.8 cm³/mol. The topological polar surface area (TPSA) is 101 Å². The zero-order chi connectivity index (χ0) is 19.6. The zero-order valence-electron chi connectivity index (χ0n) is 14.6. The third-order valence-corrected chi connectivity index (χ3v) is 5.78. The standard InChI is InChI=1S/C19H19NO6S/c1-13-7-9-16(10-8-13)27(24,25)26-15-11-17(19(22)23)20(12-15)18(21)14-5-3-2-4-6-14/h2-10,15,17H,11-12H2,1H3,(H,22,23)/t15?,17-/m0/s1. The summed E-state index contributed by atoms with van der Waals surface area (Å²) in [5, 5.41) is 9.44. The second-order valence-corrected chi connectivity index (χ2v) is 7.97. The number of hydrogen-bond donors (Lipinski definition) is 1. The highest BCUT2D eigenvalue weighted by Gasteiger charge is 2.42. The van der Waals surface area contributed by atoms with Gasteiger partial charge in [0.05, 0.1) is 11.0 Å². The Labute approximate surface area is 157 Å². The largest absolute Gasteiger partial charge is 0.480 e. The van der Waals surface area contributed by atoms with Crippen molar-refractivity contribution >= 4 is 22.0 Å². The van der Waals surface area contributed by atoms with Crippen LogP contribution in [0, 0.1) is 6.92 Å². The van der Waals surface area contributed by atoms with Crippen molar-refractivity contribution in [1.82, 2.24) is 4.90 Å². The Morgan fingerprint density at radius 3 is 2.30 bits per heavy atom. The number of carboxylic acid groups (broad SMARTS) is 1. The molecule has 1 aliphatic rings. The molecule has 0 saturated carbocycles. The number of aliphatic carboxylic acids is 1. The molecule has 3 rings (SSSR count). The number of hydrogen-bond acceptors (Lipinski definition) is 5. The van der Waals surface area contributed by atoms with E-state index >= 15 is 0 Å². The third kappa shape index (κ3) is 4.17. The van der Waals surface area contributed by atoms with Gasteiger partial charge in [-0.05, 0) is 31.2 Å². The lowest BCUT2D eigenvalue weighted by Crippen LogP contribution is -2.40. The van der Waals surface area contributed by atoms with Crippen molar-refractivity contribution in [3.63, 3.8) is 0 Å². The Morgan fingerprint density at radius 2 is 1.70 bits per heavy atom. The first-order valence-corrected chi connectivity index (χ1v) is 9.77. The average Bonchev–Trinajstić information content (AvgIpc) is 3.05. The summed E-state index contributed by atoms with van der Waals surface area (Å²) in [5.74, 6) is -1.67. The molecule has 1 fully saturated rings. The number of amides is 1. The van der Waals surface area contributed by atoms with Crippen molar-refractivity contribution in [3.8, 4) is 0 Å². The van der Waals surface area contributed by atoms with Gasteiger partial charge < -0.3 is 10.0 Å². The van der Waals surface area contributed by atoms with E-state index in [1.54, 1.807) is 42.5 Å². The van der Waals surface area contributed by atoms with Gasteiger partial charge in [0.15, 0.2) is 0 Å². The van der Waals surface area contributed by atoms with E-state index in [1.165, 1.54) is 12.1 Å². The van der Waals surface area contributed by atoms with Crippen LogP contribution in [0.25, 0.3) is 0 Å². The van der Waals surface area contributed by atoms with E-state index in [1.807, 2.05) is 6.92 Å². The van der Waals surface area contributed by atoms with Gasteiger partial charge in [-0.2, -0.15) is 8.42 Å². The van der Waals surface area contributed by atoms with E-state index in [0.717, 1.165) is 10.5 Å². The minimum atomic E-state index is -4.05. The maximum absolute atomic E-state index is 12.6. The Balaban J connectivity index is 1.79. The normalized spacial score (nSPS) is 19.8. The molecule has 8 heteroatoms. The predicted octanol–water partition coefficient (Wildman–Crippen LogP) is 2.07. The van der Waals surface area contributed by atoms with Gasteiger partial charge in [-0.3, -0.25) is 8.98 Å². The van der Waals surface area contributed by atoms with Gasteiger partial charge in [0, 0.05) is 18.5 Å². The van der Waals surface area contributed by atoms with Crippen molar-refractivity contribution in [2.75, 3.05) is 6.54 Å². The molecule has 1 unspecified atom stereocenters. The summed E-state index contributed by atoms with van der Waals surface area (Å²) in [6.45, 7) is 1.72. The van der Waals surface area contributed by atoms with Crippen LogP contribution in [0.5, 0.6) is 0 Å². The second-order valence-electron chi connectivity index (χ2n) is 6.40. The Bertz CT molecular complexity index is 940. The maximum atomic E-state index is 12.6. The van der Waals surface area contributed by atoms with Gasteiger partial charge in [0.1, 0.15) is 6.04 Å². The third-order valence-electron chi connectivity index (χ3n) is 4.40. The molecule has 0 spiro atoms. The SMILES string of the molecule is Cc1ccc(S(=O)(=O)OC2C[C@@H](C(=O)O)N(C(=O)c3ccccc3)C2)cc1. The molecule has 1 amide bonds. The molecule has 2 atom stereocenters. The summed E-state index contributed by atoms with van der Waals surface area (Å²) in [4.78, 5) is 25.3. The number of carbonyl (C=O) groups is 2. The molecular formula is C19H19NO6S. The molecule has 1 N–H and O–H groups in total. The van der Waals surface area contributed by atoms with Crippen LogP contribution in [0.1, 0.15) is 22.3 Å². The maximum Gasteiger partial charge on any atom is 0.326 e. The number of aryl methyl sites for hydroxylation is 1. The molecule has 1 aliphatic heterocycles. The second kappa shape index (κ2) is 7.50. The van der Waals surface area contributed by atoms with E-state index < -0.39 is 34.1 Å². The molecular weight excluding hydrogens is 370 g/mol. The van der Waals surface area contributed by atoms with E-state index in [9.17, 15) is 23.1 Å². The lowest BCUT2D eigenvalue weighted by Gasteiger charge is -2.21. The van der Waals surface area contributed by atoms with E-state index in [2.05, 4.69) is 0 Å². The van der Waals surface area contributed by atoms with Gasteiger partial charge in [0.2, 0.25) is 0 Å². The molecule has 1 heterocycles. The van der Waals surface area contributed by atoms with Crippen LogP contribution >= 0.6 is 0 Å². The Hall–Kier alpha value is -2.71. The van der Waals surface area contributed by atoms with Crippen molar-refractivity contribution in [2.24, 2.45) is 0 Å². The highest BCUT2D eigenvalue weighted by atomic mass is 32.2. The van der Waals surface area contributed by atoms with Crippen LogP contribution in [-0.2, 0) is 19.1 Å². The number of likely N-dealkylation sites (tertiary alicyclic amines) is 1. The number of rotatable bonds is 5. The monoisotopic (exact) mass is 389 g/mol. The van der Waals surface area contributed by atoms with Crippen molar-refractivity contribution in [2.45, 2.75) is 30.4 Å². The van der Waals surface area contributed by atoms with Crippen LogP contribution in [0.2, 0.25) is 0 Å². The zero-order valence-corrected chi connectivity index (χ0v) is 15.4. The first-order valence-electron chi connectivity index (χ1n) is 8.37. The highest BCUT2D eigenvalue weighted by Crippen LogP contribution is 2.26. The number of benzene rings is 2. The van der Waals surface area contributed by atoms with Crippen molar-refractivity contribution < 1.29 is 27.3 Å². The highest BCUT2D eigenvalue weighted by molar-refractivity contribution is 7.86. The molecule has 0 radical (unpaired) electrons. The summed E-state index contributed by atoms with van der Waals surface area (Å²) in [6.07, 6.45) is -1.02. The summed E-state index contributed by atoms with van der Waals surface area (Å²) < 4.78 is 30.1. The summed E-state index contributed by atoms with van der Waals surface area (Å²) in [6, 6.07) is 13.3. The summed E-state index contributed by atoms with van der Waals surface area (Å²) >= 11 is 0. The molecule has 1 saturated heterocycles. The summed E-state index contributed by atoms with van der Waals surface area (Å²) in [7, 11) is -4.05. The molecule has 0 bridgehead atoms. The molecule has 0 aromatic heterocycles. The molecule has 7 nitrogen and oxygen atoms in total. The van der Waals surface area contributed by atoms with Crippen LogP contribution < -0.4 is 0 Å². The van der Waals surface area contributed by atoms with Gasteiger partial charge >= 0.3 is 5.97 Å². The Morgan fingerprint density at radius 1 is 1.07 bits per heavy atom. The van der Waals surface area contributed by atoms with E-state index in [4.69, 9.17) is 4.18 Å². The molecule has 0 aliphatic carbocycles. The fourth-order valence-electron chi connectivity index (χ4n) is 3.01.